The normalized spacial score (nSPS) is 10.3. The SMILES string of the molecule is Cc1ccc(-c2ccc(CCC(=O)O)n2NC(N)=O)cc1. The number of nitrogens with one attached hydrogen (secondary N) is 1. The number of aliphatic carboxylic acids is 1. The molecule has 1 aromatic carbocycles. The second-order valence-electron chi connectivity index (χ2n) is 4.78. The number of primary amides is 1. The molecule has 6 heteroatoms. The summed E-state index contributed by atoms with van der Waals surface area (Å²) in [4.78, 5) is 21.9. The van der Waals surface area contributed by atoms with Crippen LogP contribution in [-0.2, 0) is 11.2 Å². The molecule has 0 aliphatic carbocycles. The van der Waals surface area contributed by atoms with E-state index in [-0.39, 0.29) is 6.42 Å². The van der Waals surface area contributed by atoms with E-state index in [1.807, 2.05) is 37.3 Å². The van der Waals surface area contributed by atoms with E-state index in [9.17, 15) is 9.59 Å². The fourth-order valence-electron chi connectivity index (χ4n) is 2.10. The molecule has 21 heavy (non-hydrogen) atoms. The van der Waals surface area contributed by atoms with Crippen molar-refractivity contribution in [3.05, 3.63) is 47.7 Å². The zero-order valence-corrected chi connectivity index (χ0v) is 11.7. The van der Waals surface area contributed by atoms with Gasteiger partial charge in [0.15, 0.2) is 0 Å². The number of rotatable bonds is 5. The first-order valence-corrected chi connectivity index (χ1v) is 6.53. The molecule has 2 aromatic rings. The van der Waals surface area contributed by atoms with Gasteiger partial charge in [0.05, 0.1) is 12.1 Å². The largest absolute Gasteiger partial charge is 0.481 e. The molecule has 4 N–H and O–H groups in total. The van der Waals surface area contributed by atoms with Crippen LogP contribution < -0.4 is 11.2 Å². The number of carboxylic acids is 1. The Labute approximate surface area is 122 Å². The van der Waals surface area contributed by atoms with Crippen LogP contribution in [0.4, 0.5) is 4.79 Å². The van der Waals surface area contributed by atoms with Crippen LogP contribution in [0.2, 0.25) is 0 Å². The number of nitrogens with zero attached hydrogens (tertiary/aromatic N) is 1. The molecule has 0 unspecified atom stereocenters. The van der Waals surface area contributed by atoms with E-state index in [2.05, 4.69) is 5.43 Å². The number of urea groups is 1. The van der Waals surface area contributed by atoms with Gasteiger partial charge in [-0.3, -0.25) is 9.47 Å². The van der Waals surface area contributed by atoms with Gasteiger partial charge in [0, 0.05) is 17.7 Å². The maximum atomic E-state index is 11.2. The fourth-order valence-corrected chi connectivity index (χ4v) is 2.10. The second kappa shape index (κ2) is 6.13. The van der Waals surface area contributed by atoms with E-state index in [0.29, 0.717) is 12.1 Å². The van der Waals surface area contributed by atoms with Gasteiger partial charge in [-0.05, 0) is 19.1 Å². The lowest BCUT2D eigenvalue weighted by Crippen LogP contribution is -2.30. The number of aryl methyl sites for hydroxylation is 2. The Balaban J connectivity index is 2.38. The third kappa shape index (κ3) is 3.62. The van der Waals surface area contributed by atoms with Gasteiger partial charge in [0.2, 0.25) is 0 Å². The van der Waals surface area contributed by atoms with Gasteiger partial charge >= 0.3 is 12.0 Å². The van der Waals surface area contributed by atoms with E-state index in [1.54, 1.807) is 6.07 Å². The highest BCUT2D eigenvalue weighted by Crippen LogP contribution is 2.22. The Bertz CT molecular complexity index is 659. The van der Waals surface area contributed by atoms with Crippen LogP contribution >= 0.6 is 0 Å². The van der Waals surface area contributed by atoms with E-state index in [4.69, 9.17) is 10.8 Å². The smallest absolute Gasteiger partial charge is 0.331 e. The molecule has 0 aliphatic heterocycles. The quantitative estimate of drug-likeness (QED) is 0.785. The minimum absolute atomic E-state index is 0.0161. The number of amides is 2. The summed E-state index contributed by atoms with van der Waals surface area (Å²) in [6.45, 7) is 1.99. The van der Waals surface area contributed by atoms with E-state index in [0.717, 1.165) is 16.8 Å². The summed E-state index contributed by atoms with van der Waals surface area (Å²) in [5, 5.41) is 8.78. The highest BCUT2D eigenvalue weighted by atomic mass is 16.4. The maximum Gasteiger partial charge on any atom is 0.331 e. The van der Waals surface area contributed by atoms with Crippen LogP contribution in [0.3, 0.4) is 0 Å². The number of carbonyl (C=O) groups excluding carboxylic acids is 1. The lowest BCUT2D eigenvalue weighted by atomic mass is 10.1. The lowest BCUT2D eigenvalue weighted by molar-refractivity contribution is -0.136. The monoisotopic (exact) mass is 287 g/mol. The van der Waals surface area contributed by atoms with Gasteiger partial charge in [-0.15, -0.1) is 0 Å². The van der Waals surface area contributed by atoms with Gasteiger partial charge in [0.25, 0.3) is 0 Å². The Morgan fingerprint density at radius 3 is 2.43 bits per heavy atom. The lowest BCUT2D eigenvalue weighted by Gasteiger charge is -2.13. The summed E-state index contributed by atoms with van der Waals surface area (Å²) >= 11 is 0. The van der Waals surface area contributed by atoms with Gasteiger partial charge in [-0.25, -0.2) is 10.2 Å². The average Bonchev–Trinajstić information content (AvgIpc) is 2.79. The molecule has 110 valence electrons. The van der Waals surface area contributed by atoms with Crippen LogP contribution in [0.25, 0.3) is 11.3 Å². The molecule has 0 saturated heterocycles. The van der Waals surface area contributed by atoms with Gasteiger partial charge < -0.3 is 10.8 Å². The highest BCUT2D eigenvalue weighted by Gasteiger charge is 2.12. The second-order valence-corrected chi connectivity index (χ2v) is 4.78. The third-order valence-electron chi connectivity index (χ3n) is 3.13. The Morgan fingerprint density at radius 1 is 1.19 bits per heavy atom. The van der Waals surface area contributed by atoms with Crippen molar-refractivity contribution in [2.75, 3.05) is 5.43 Å². The third-order valence-corrected chi connectivity index (χ3v) is 3.13. The standard InChI is InChI=1S/C15H17N3O3/c1-10-2-4-11(5-3-10)13-8-6-12(7-9-14(19)20)18(13)17-15(16)21/h2-6,8H,7,9H2,1H3,(H,19,20)(H3,16,17,21). The molecule has 0 atom stereocenters. The number of benzene rings is 1. The number of carboxylic acid groups (broad SMARTS) is 1. The molecule has 0 fully saturated rings. The van der Waals surface area contributed by atoms with E-state index < -0.39 is 12.0 Å². The summed E-state index contributed by atoms with van der Waals surface area (Å²) in [6.07, 6.45) is 0.291. The molecule has 0 spiro atoms. The molecule has 0 saturated carbocycles. The predicted molar refractivity (Wildman–Crippen MR) is 79.5 cm³/mol. The average molecular weight is 287 g/mol. The van der Waals surface area contributed by atoms with E-state index in [1.165, 1.54) is 4.68 Å². The molecule has 6 nitrogen and oxygen atoms in total. The minimum atomic E-state index is -0.890. The first-order chi connectivity index (χ1) is 9.97. The van der Waals surface area contributed by atoms with Crippen molar-refractivity contribution in [1.29, 1.82) is 0 Å². The molecule has 0 aliphatic rings. The van der Waals surface area contributed by atoms with Crippen LogP contribution in [-0.4, -0.2) is 21.8 Å². The summed E-state index contributed by atoms with van der Waals surface area (Å²) in [5.41, 5.74) is 11.2. The van der Waals surface area contributed by atoms with Gasteiger partial charge in [-0.2, -0.15) is 0 Å². The topological polar surface area (TPSA) is 97.3 Å². The van der Waals surface area contributed by atoms with Crippen molar-refractivity contribution in [2.24, 2.45) is 5.73 Å². The molecular weight excluding hydrogens is 270 g/mol. The zero-order chi connectivity index (χ0) is 15.4. The molecule has 2 rings (SSSR count). The maximum absolute atomic E-state index is 11.2. The Hall–Kier alpha value is -2.76. The summed E-state index contributed by atoms with van der Waals surface area (Å²) in [6, 6.07) is 10.7. The molecule has 1 heterocycles. The van der Waals surface area contributed by atoms with Gasteiger partial charge in [-0.1, -0.05) is 29.8 Å². The van der Waals surface area contributed by atoms with Crippen LogP contribution in [0.1, 0.15) is 17.7 Å². The molecule has 1 aromatic heterocycles. The van der Waals surface area contributed by atoms with E-state index >= 15 is 0 Å². The number of nitrogens with two attached hydrogens (primary N) is 1. The summed E-state index contributed by atoms with van der Waals surface area (Å²) in [5.74, 6) is -0.890. The van der Waals surface area contributed by atoms with Crippen molar-refractivity contribution >= 4 is 12.0 Å². The summed E-state index contributed by atoms with van der Waals surface area (Å²) in [7, 11) is 0. The molecule has 0 radical (unpaired) electrons. The molecular formula is C15H17N3O3. The number of hydrogen-bond acceptors (Lipinski definition) is 2. The summed E-state index contributed by atoms with van der Waals surface area (Å²) < 4.78 is 1.54. The zero-order valence-electron chi connectivity index (χ0n) is 11.7. The Kier molecular flexibility index (Phi) is 4.27. The fraction of sp³-hybridized carbons (Fsp3) is 0.200. The highest BCUT2D eigenvalue weighted by molar-refractivity contribution is 5.81. The minimum Gasteiger partial charge on any atom is -0.481 e. The number of carbonyl (C=O) groups is 2. The van der Waals surface area contributed by atoms with Crippen molar-refractivity contribution in [2.45, 2.75) is 19.8 Å². The molecule has 2 amide bonds. The molecule has 0 bridgehead atoms. The number of hydrogen-bond donors (Lipinski definition) is 3. The van der Waals surface area contributed by atoms with Crippen molar-refractivity contribution < 1.29 is 14.7 Å². The number of aromatic nitrogens is 1. The Morgan fingerprint density at radius 2 is 1.86 bits per heavy atom. The van der Waals surface area contributed by atoms with Crippen molar-refractivity contribution in [3.8, 4) is 11.3 Å². The first kappa shape index (κ1) is 14.6. The predicted octanol–water partition coefficient (Wildman–Crippen LogP) is 2.10. The first-order valence-electron chi connectivity index (χ1n) is 6.53. The van der Waals surface area contributed by atoms with Crippen molar-refractivity contribution in [1.82, 2.24) is 4.68 Å². The van der Waals surface area contributed by atoms with Crippen LogP contribution in [0, 0.1) is 6.92 Å². The van der Waals surface area contributed by atoms with Crippen LogP contribution in [0.5, 0.6) is 0 Å². The van der Waals surface area contributed by atoms with Crippen molar-refractivity contribution in [3.63, 3.8) is 0 Å². The van der Waals surface area contributed by atoms with Gasteiger partial charge in [0.1, 0.15) is 0 Å². The van der Waals surface area contributed by atoms with Crippen LogP contribution in [0.15, 0.2) is 36.4 Å².